The summed E-state index contributed by atoms with van der Waals surface area (Å²) in [4.78, 5) is 24.5. The molecular weight excluding hydrogens is 432 g/mol. The second-order valence-corrected chi connectivity index (χ2v) is 8.08. The number of sulfonamides is 1. The number of hydrogen-bond donors (Lipinski definition) is 3. The zero-order valence-corrected chi connectivity index (χ0v) is 17.2. The third-order valence-electron chi connectivity index (χ3n) is 4.19. The number of likely N-dealkylation sites (N-methyl/N-ethyl adjacent to an activating group) is 1. The quantitative estimate of drug-likeness (QED) is 0.350. The Bertz CT molecular complexity index is 1190. The summed E-state index contributed by atoms with van der Waals surface area (Å²) >= 11 is 5.13. The molecule has 156 valence electrons. The van der Waals surface area contributed by atoms with Gasteiger partial charge in [0, 0.05) is 29.9 Å². The van der Waals surface area contributed by atoms with E-state index in [1.54, 1.807) is 13.0 Å². The molecule has 0 saturated carbocycles. The van der Waals surface area contributed by atoms with Gasteiger partial charge < -0.3 is 10.2 Å². The number of nitro groups is 1. The molecule has 2 aromatic rings. The Hall–Kier alpha value is -3.42. The monoisotopic (exact) mass is 448 g/mol. The van der Waals surface area contributed by atoms with Crippen LogP contribution < -0.4 is 20.8 Å². The lowest BCUT2D eigenvalue weighted by atomic mass is 10.1. The lowest BCUT2D eigenvalue weighted by Crippen LogP contribution is -2.32. The van der Waals surface area contributed by atoms with Crippen LogP contribution in [0.2, 0.25) is 0 Å². The van der Waals surface area contributed by atoms with Gasteiger partial charge in [-0.2, -0.15) is 5.10 Å². The molecular formula is C17H16N6O5S2. The molecule has 30 heavy (non-hydrogen) atoms. The van der Waals surface area contributed by atoms with Gasteiger partial charge in [0.15, 0.2) is 10.8 Å². The van der Waals surface area contributed by atoms with Gasteiger partial charge in [-0.05, 0) is 43.4 Å². The van der Waals surface area contributed by atoms with Gasteiger partial charge in [-0.25, -0.2) is 13.6 Å². The maximum Gasteiger partial charge on any atom is 0.279 e. The van der Waals surface area contributed by atoms with Gasteiger partial charge in [0.25, 0.3) is 11.6 Å². The number of benzene rings is 2. The zero-order chi connectivity index (χ0) is 22.1. The summed E-state index contributed by atoms with van der Waals surface area (Å²) < 4.78 is 22.9. The molecule has 0 spiro atoms. The number of primary sulfonamides is 1. The SMILES string of the molecule is CCN1C(=O)C(=NNC(=S)Nc2cccc(S(N)(=O)=O)c2)c2cc([N+](=O)[O-])ccc21. The van der Waals surface area contributed by atoms with E-state index in [4.69, 9.17) is 17.4 Å². The van der Waals surface area contributed by atoms with Crippen molar-refractivity contribution in [1.29, 1.82) is 0 Å². The van der Waals surface area contributed by atoms with E-state index in [2.05, 4.69) is 15.8 Å². The fourth-order valence-electron chi connectivity index (χ4n) is 2.85. The van der Waals surface area contributed by atoms with Crippen LogP contribution in [0.15, 0.2) is 52.5 Å². The largest absolute Gasteiger partial charge is 0.331 e. The molecule has 4 N–H and O–H groups in total. The van der Waals surface area contributed by atoms with Crippen LogP contribution in [0.25, 0.3) is 0 Å². The number of amides is 1. The standard InChI is InChI=1S/C17H16N6O5S2/c1-2-22-14-7-6-11(23(25)26)9-13(14)15(16(22)24)20-21-17(29)19-10-4-3-5-12(8-10)30(18,27)28/h3-9H,2H2,1H3,(H2,18,27,28)(H2,19,21,29). The Balaban J connectivity index is 1.84. The molecule has 0 unspecified atom stereocenters. The molecule has 3 rings (SSSR count). The highest BCUT2D eigenvalue weighted by atomic mass is 32.2. The van der Waals surface area contributed by atoms with Gasteiger partial charge in [0.05, 0.1) is 15.5 Å². The van der Waals surface area contributed by atoms with Gasteiger partial charge in [0.1, 0.15) is 0 Å². The number of nitrogens with one attached hydrogen (secondary N) is 2. The second kappa shape index (κ2) is 8.14. The molecule has 1 amide bonds. The average Bonchev–Trinajstić information content (AvgIpc) is 2.95. The molecule has 0 aromatic heterocycles. The van der Waals surface area contributed by atoms with Crippen molar-refractivity contribution >= 4 is 56.0 Å². The van der Waals surface area contributed by atoms with E-state index >= 15 is 0 Å². The Morgan fingerprint density at radius 3 is 2.67 bits per heavy atom. The molecule has 1 aliphatic heterocycles. The van der Waals surface area contributed by atoms with Crippen molar-refractivity contribution in [3.05, 3.63) is 58.1 Å². The van der Waals surface area contributed by atoms with Crippen LogP contribution in [0.3, 0.4) is 0 Å². The topological polar surface area (TPSA) is 160 Å². The van der Waals surface area contributed by atoms with E-state index in [9.17, 15) is 23.3 Å². The number of nitro benzene ring substituents is 1. The second-order valence-electron chi connectivity index (χ2n) is 6.11. The summed E-state index contributed by atoms with van der Waals surface area (Å²) in [5, 5.41) is 22.9. The van der Waals surface area contributed by atoms with E-state index in [0.717, 1.165) is 0 Å². The van der Waals surface area contributed by atoms with Crippen LogP contribution in [0, 0.1) is 10.1 Å². The van der Waals surface area contributed by atoms with Crippen LogP contribution in [-0.2, 0) is 14.8 Å². The Kier molecular flexibility index (Phi) is 5.78. The minimum atomic E-state index is -3.88. The number of nitrogens with two attached hydrogens (primary N) is 1. The third-order valence-corrected chi connectivity index (χ3v) is 5.29. The molecule has 0 saturated heterocycles. The van der Waals surface area contributed by atoms with E-state index in [0.29, 0.717) is 23.5 Å². The molecule has 11 nitrogen and oxygen atoms in total. The predicted octanol–water partition coefficient (Wildman–Crippen LogP) is 1.30. The maximum atomic E-state index is 12.6. The highest BCUT2D eigenvalue weighted by molar-refractivity contribution is 7.89. The number of hydrazone groups is 1. The van der Waals surface area contributed by atoms with E-state index in [-0.39, 0.29) is 21.4 Å². The summed E-state index contributed by atoms with van der Waals surface area (Å²) in [5.74, 6) is -0.431. The van der Waals surface area contributed by atoms with Crippen LogP contribution in [-0.4, -0.2) is 36.6 Å². The van der Waals surface area contributed by atoms with Gasteiger partial charge in [-0.15, -0.1) is 0 Å². The lowest BCUT2D eigenvalue weighted by molar-refractivity contribution is -0.384. The highest BCUT2D eigenvalue weighted by Crippen LogP contribution is 2.32. The zero-order valence-electron chi connectivity index (χ0n) is 15.5. The normalized spacial score (nSPS) is 14.5. The first-order valence-corrected chi connectivity index (χ1v) is 10.5. The Morgan fingerprint density at radius 2 is 2.03 bits per heavy atom. The molecule has 2 aromatic carbocycles. The van der Waals surface area contributed by atoms with Gasteiger partial charge in [0.2, 0.25) is 10.0 Å². The maximum absolute atomic E-state index is 12.6. The van der Waals surface area contributed by atoms with Crippen molar-refractivity contribution in [1.82, 2.24) is 5.43 Å². The number of nitrogens with zero attached hydrogens (tertiary/aromatic N) is 3. The van der Waals surface area contributed by atoms with Gasteiger partial charge >= 0.3 is 0 Å². The van der Waals surface area contributed by atoms with Crippen molar-refractivity contribution in [2.45, 2.75) is 11.8 Å². The lowest BCUT2D eigenvalue weighted by Gasteiger charge is -2.13. The molecule has 1 heterocycles. The highest BCUT2D eigenvalue weighted by Gasteiger charge is 2.34. The van der Waals surface area contributed by atoms with Crippen LogP contribution in [0.4, 0.5) is 17.1 Å². The smallest absolute Gasteiger partial charge is 0.279 e. The molecule has 0 bridgehead atoms. The molecule has 1 aliphatic rings. The number of thiocarbonyl (C=S) groups is 1. The predicted molar refractivity (Wildman–Crippen MR) is 115 cm³/mol. The number of rotatable bonds is 5. The van der Waals surface area contributed by atoms with Crippen LogP contribution >= 0.6 is 12.2 Å². The van der Waals surface area contributed by atoms with E-state index in [1.165, 1.54) is 41.3 Å². The Morgan fingerprint density at radius 1 is 1.30 bits per heavy atom. The molecule has 0 fully saturated rings. The van der Waals surface area contributed by atoms with E-state index < -0.39 is 20.9 Å². The number of non-ortho nitro benzene ring substituents is 1. The molecule has 0 aliphatic carbocycles. The number of hydrogen-bond acceptors (Lipinski definition) is 7. The summed E-state index contributed by atoms with van der Waals surface area (Å²) in [7, 11) is -3.88. The van der Waals surface area contributed by atoms with Crippen molar-refractivity contribution in [2.24, 2.45) is 10.2 Å². The van der Waals surface area contributed by atoms with Crippen molar-refractivity contribution in [2.75, 3.05) is 16.8 Å². The minimum absolute atomic E-state index is 0.0243. The third kappa shape index (κ3) is 4.27. The molecule has 0 radical (unpaired) electrons. The van der Waals surface area contributed by atoms with Gasteiger partial charge in [-0.1, -0.05) is 6.07 Å². The number of carbonyl (C=O) groups excluding carboxylic acids is 1. The van der Waals surface area contributed by atoms with Crippen LogP contribution in [0.5, 0.6) is 0 Å². The number of anilines is 2. The summed E-state index contributed by atoms with van der Waals surface area (Å²) in [6.07, 6.45) is 0. The van der Waals surface area contributed by atoms with Crippen LogP contribution in [0.1, 0.15) is 12.5 Å². The summed E-state index contributed by atoms with van der Waals surface area (Å²) in [6.45, 7) is 2.12. The molecule has 0 atom stereocenters. The van der Waals surface area contributed by atoms with Crippen molar-refractivity contribution in [3.63, 3.8) is 0 Å². The number of fused-ring (bicyclic) bond motifs is 1. The fraction of sp³-hybridized carbons (Fsp3) is 0.118. The summed E-state index contributed by atoms with van der Waals surface area (Å²) in [6, 6.07) is 9.74. The molecule has 13 heteroatoms. The first kappa shape index (κ1) is 21.3. The first-order chi connectivity index (χ1) is 14.1. The first-order valence-electron chi connectivity index (χ1n) is 8.50. The minimum Gasteiger partial charge on any atom is -0.331 e. The summed E-state index contributed by atoms with van der Waals surface area (Å²) in [5.41, 5.74) is 3.46. The van der Waals surface area contributed by atoms with Crippen molar-refractivity contribution < 1.29 is 18.1 Å². The number of carbonyl (C=O) groups is 1. The average molecular weight is 448 g/mol. The van der Waals surface area contributed by atoms with E-state index in [1.807, 2.05) is 0 Å². The Labute approximate surface area is 176 Å². The fourth-order valence-corrected chi connectivity index (χ4v) is 3.58. The van der Waals surface area contributed by atoms with Crippen molar-refractivity contribution in [3.8, 4) is 0 Å². The van der Waals surface area contributed by atoms with Gasteiger partial charge in [-0.3, -0.25) is 20.3 Å².